The van der Waals surface area contributed by atoms with Crippen LogP contribution in [0.3, 0.4) is 0 Å². The van der Waals surface area contributed by atoms with Crippen LogP contribution in [0, 0.1) is 13.8 Å². The summed E-state index contributed by atoms with van der Waals surface area (Å²) >= 11 is 0. The van der Waals surface area contributed by atoms with E-state index in [2.05, 4.69) is 10.3 Å². The summed E-state index contributed by atoms with van der Waals surface area (Å²) in [7, 11) is -3.58. The molecule has 2 rings (SSSR count). The molecule has 24 heavy (non-hydrogen) atoms. The molecular weight excluding hydrogens is 326 g/mol. The number of hydrogen-bond donors (Lipinski definition) is 1. The molecule has 1 heterocycles. The number of pyridine rings is 1. The monoisotopic (exact) mass is 347 g/mol. The van der Waals surface area contributed by atoms with Gasteiger partial charge in [0.05, 0.1) is 24.2 Å². The fourth-order valence-corrected chi connectivity index (χ4v) is 3.15. The van der Waals surface area contributed by atoms with Crippen molar-refractivity contribution in [3.8, 4) is 0 Å². The number of carbonyl (C=O) groups is 1. The minimum absolute atomic E-state index is 0.254. The predicted octanol–water partition coefficient (Wildman–Crippen LogP) is 1.78. The van der Waals surface area contributed by atoms with E-state index in [1.807, 2.05) is 32.0 Å². The molecule has 0 unspecified atom stereocenters. The Kier molecular flexibility index (Phi) is 5.56. The van der Waals surface area contributed by atoms with Crippen molar-refractivity contribution in [3.63, 3.8) is 0 Å². The highest BCUT2D eigenvalue weighted by atomic mass is 32.2. The van der Waals surface area contributed by atoms with Gasteiger partial charge in [0, 0.05) is 6.20 Å². The van der Waals surface area contributed by atoms with E-state index in [1.54, 1.807) is 24.4 Å². The van der Waals surface area contributed by atoms with Gasteiger partial charge in [-0.15, -0.1) is 0 Å². The van der Waals surface area contributed by atoms with Crippen LogP contribution in [0.25, 0.3) is 0 Å². The van der Waals surface area contributed by atoms with Crippen molar-refractivity contribution in [2.75, 3.05) is 17.1 Å². The number of aryl methyl sites for hydroxylation is 2. The number of rotatable bonds is 6. The van der Waals surface area contributed by atoms with Crippen molar-refractivity contribution in [3.05, 3.63) is 59.4 Å². The molecule has 1 aromatic carbocycles. The molecule has 0 fully saturated rings. The van der Waals surface area contributed by atoms with Crippen LogP contribution >= 0.6 is 0 Å². The molecule has 6 nitrogen and oxygen atoms in total. The topological polar surface area (TPSA) is 79.4 Å². The SMILES string of the molecule is Cc1ccc(C)c(N(CC(=O)NCc2ccccn2)S(C)(=O)=O)c1. The van der Waals surface area contributed by atoms with E-state index >= 15 is 0 Å². The van der Waals surface area contributed by atoms with Gasteiger partial charge in [-0.25, -0.2) is 8.42 Å². The van der Waals surface area contributed by atoms with Gasteiger partial charge in [0.15, 0.2) is 0 Å². The van der Waals surface area contributed by atoms with Gasteiger partial charge in [-0.3, -0.25) is 14.1 Å². The number of nitrogens with one attached hydrogen (secondary N) is 1. The highest BCUT2D eigenvalue weighted by Gasteiger charge is 2.22. The lowest BCUT2D eigenvalue weighted by molar-refractivity contribution is -0.119. The van der Waals surface area contributed by atoms with Gasteiger partial charge in [-0.1, -0.05) is 18.2 Å². The zero-order chi connectivity index (χ0) is 17.7. The van der Waals surface area contributed by atoms with E-state index in [1.165, 1.54) is 0 Å². The van der Waals surface area contributed by atoms with Gasteiger partial charge in [0.2, 0.25) is 15.9 Å². The molecule has 0 atom stereocenters. The molecule has 0 aliphatic heterocycles. The zero-order valence-electron chi connectivity index (χ0n) is 14.0. The van der Waals surface area contributed by atoms with Crippen molar-refractivity contribution in [1.82, 2.24) is 10.3 Å². The molecule has 128 valence electrons. The maximum atomic E-state index is 12.2. The third-order valence-corrected chi connectivity index (χ3v) is 4.64. The molecule has 1 N–H and O–H groups in total. The van der Waals surface area contributed by atoms with E-state index < -0.39 is 10.0 Å². The summed E-state index contributed by atoms with van der Waals surface area (Å²) in [6.07, 6.45) is 2.74. The Balaban J connectivity index is 2.15. The minimum atomic E-state index is -3.58. The van der Waals surface area contributed by atoms with Crippen LogP contribution in [0.4, 0.5) is 5.69 Å². The van der Waals surface area contributed by atoms with E-state index in [4.69, 9.17) is 0 Å². The summed E-state index contributed by atoms with van der Waals surface area (Å²) in [5, 5.41) is 2.70. The maximum absolute atomic E-state index is 12.2. The summed E-state index contributed by atoms with van der Waals surface area (Å²) < 4.78 is 25.4. The third kappa shape index (κ3) is 4.79. The minimum Gasteiger partial charge on any atom is -0.349 e. The van der Waals surface area contributed by atoms with Crippen LogP contribution in [0.2, 0.25) is 0 Å². The second-order valence-corrected chi connectivity index (χ2v) is 7.56. The molecule has 0 saturated carbocycles. The standard InChI is InChI=1S/C17H21N3O3S/c1-13-7-8-14(2)16(10-13)20(24(3,22)23)12-17(21)19-11-15-6-4-5-9-18-15/h4-10H,11-12H2,1-3H3,(H,19,21). The van der Waals surface area contributed by atoms with Crippen molar-refractivity contribution in [2.24, 2.45) is 0 Å². The van der Waals surface area contributed by atoms with Crippen LogP contribution in [0.15, 0.2) is 42.6 Å². The number of aromatic nitrogens is 1. The molecular formula is C17H21N3O3S. The smallest absolute Gasteiger partial charge is 0.241 e. The Hall–Kier alpha value is -2.41. The Morgan fingerprint density at radius 3 is 2.58 bits per heavy atom. The van der Waals surface area contributed by atoms with Gasteiger partial charge >= 0.3 is 0 Å². The maximum Gasteiger partial charge on any atom is 0.241 e. The van der Waals surface area contributed by atoms with Crippen molar-refractivity contribution >= 4 is 21.6 Å². The van der Waals surface area contributed by atoms with E-state index in [-0.39, 0.29) is 19.0 Å². The molecule has 0 saturated heterocycles. The predicted molar refractivity (Wildman–Crippen MR) is 94.2 cm³/mol. The number of hydrogen-bond acceptors (Lipinski definition) is 4. The first-order valence-electron chi connectivity index (χ1n) is 7.49. The second-order valence-electron chi connectivity index (χ2n) is 5.66. The quantitative estimate of drug-likeness (QED) is 0.864. The van der Waals surface area contributed by atoms with Crippen molar-refractivity contribution in [2.45, 2.75) is 20.4 Å². The van der Waals surface area contributed by atoms with Crippen LogP contribution in [-0.2, 0) is 21.4 Å². The first-order chi connectivity index (χ1) is 11.3. The lowest BCUT2D eigenvalue weighted by Crippen LogP contribution is -2.40. The van der Waals surface area contributed by atoms with Gasteiger partial charge in [-0.2, -0.15) is 0 Å². The normalized spacial score (nSPS) is 11.1. The van der Waals surface area contributed by atoms with E-state index in [0.717, 1.165) is 21.7 Å². The number of carbonyl (C=O) groups excluding carboxylic acids is 1. The second kappa shape index (κ2) is 7.44. The Labute approximate surface area is 142 Å². The number of benzene rings is 1. The first-order valence-corrected chi connectivity index (χ1v) is 9.34. The number of amides is 1. The summed E-state index contributed by atoms with van der Waals surface area (Å²) in [6, 6.07) is 10.9. The van der Waals surface area contributed by atoms with Crippen molar-refractivity contribution in [1.29, 1.82) is 0 Å². The molecule has 2 aromatic rings. The number of sulfonamides is 1. The summed E-state index contributed by atoms with van der Waals surface area (Å²) in [6.45, 7) is 3.68. The molecule has 0 aliphatic carbocycles. The molecule has 0 aliphatic rings. The van der Waals surface area contributed by atoms with Gasteiger partial charge in [0.25, 0.3) is 0 Å². The summed E-state index contributed by atoms with van der Waals surface area (Å²) in [5.74, 6) is -0.382. The van der Waals surface area contributed by atoms with Gasteiger partial charge < -0.3 is 5.32 Å². The fraction of sp³-hybridized carbons (Fsp3) is 0.294. The molecule has 0 radical (unpaired) electrons. The van der Waals surface area contributed by atoms with Gasteiger partial charge in [-0.05, 0) is 43.2 Å². The lowest BCUT2D eigenvalue weighted by atomic mass is 10.1. The van der Waals surface area contributed by atoms with Crippen LogP contribution in [0.1, 0.15) is 16.8 Å². The Bertz CT molecular complexity index is 820. The van der Waals surface area contributed by atoms with E-state index in [0.29, 0.717) is 11.4 Å². The van der Waals surface area contributed by atoms with Crippen LogP contribution < -0.4 is 9.62 Å². The Morgan fingerprint density at radius 2 is 1.96 bits per heavy atom. The van der Waals surface area contributed by atoms with Crippen molar-refractivity contribution < 1.29 is 13.2 Å². The number of anilines is 1. The van der Waals surface area contributed by atoms with Gasteiger partial charge in [0.1, 0.15) is 6.54 Å². The zero-order valence-corrected chi connectivity index (χ0v) is 14.8. The average molecular weight is 347 g/mol. The molecule has 1 amide bonds. The van der Waals surface area contributed by atoms with Crippen LogP contribution in [-0.4, -0.2) is 32.1 Å². The highest BCUT2D eigenvalue weighted by molar-refractivity contribution is 7.92. The average Bonchev–Trinajstić information content (AvgIpc) is 2.53. The summed E-state index contributed by atoms with van der Waals surface area (Å²) in [4.78, 5) is 16.3. The third-order valence-electron chi connectivity index (χ3n) is 3.51. The molecule has 0 spiro atoms. The molecule has 1 aromatic heterocycles. The van der Waals surface area contributed by atoms with E-state index in [9.17, 15) is 13.2 Å². The number of nitrogens with zero attached hydrogens (tertiary/aromatic N) is 2. The largest absolute Gasteiger partial charge is 0.349 e. The molecule has 7 heteroatoms. The highest BCUT2D eigenvalue weighted by Crippen LogP contribution is 2.23. The Morgan fingerprint density at radius 1 is 1.21 bits per heavy atom. The lowest BCUT2D eigenvalue weighted by Gasteiger charge is -2.24. The first kappa shape index (κ1) is 17.9. The molecule has 0 bridgehead atoms. The summed E-state index contributed by atoms with van der Waals surface area (Å²) in [5.41, 5.74) is 2.95. The van der Waals surface area contributed by atoms with Crippen LogP contribution in [0.5, 0.6) is 0 Å². The fourth-order valence-electron chi connectivity index (χ4n) is 2.25.